The largest absolute Gasteiger partial charge is 0.378 e. The molecular weight excluding hydrogens is 354 g/mol. The Morgan fingerprint density at radius 1 is 1.35 bits per heavy atom. The van der Waals surface area contributed by atoms with Crippen LogP contribution in [0.3, 0.4) is 0 Å². The Hall–Kier alpha value is -2.25. The average Bonchev–Trinajstić information content (AvgIpc) is 3.02. The number of ether oxygens (including phenoxy) is 1. The van der Waals surface area contributed by atoms with Crippen molar-refractivity contribution in [3.05, 3.63) is 40.7 Å². The van der Waals surface area contributed by atoms with Crippen LogP contribution in [0.1, 0.15) is 18.2 Å². The Kier molecular flexibility index (Phi) is 6.00. The van der Waals surface area contributed by atoms with Crippen molar-refractivity contribution in [2.75, 3.05) is 36.5 Å². The lowest BCUT2D eigenvalue weighted by Gasteiger charge is -2.29. The highest BCUT2D eigenvalue weighted by Crippen LogP contribution is 2.28. The Balaban J connectivity index is 1.62. The Morgan fingerprint density at radius 3 is 2.81 bits per heavy atom. The van der Waals surface area contributed by atoms with Crippen LogP contribution in [-0.4, -0.2) is 42.1 Å². The van der Waals surface area contributed by atoms with Crippen LogP contribution in [0.5, 0.6) is 0 Å². The van der Waals surface area contributed by atoms with Gasteiger partial charge in [-0.3, -0.25) is 4.68 Å². The molecule has 2 heterocycles. The molecule has 1 aromatic heterocycles. The van der Waals surface area contributed by atoms with Crippen molar-refractivity contribution in [3.8, 4) is 0 Å². The van der Waals surface area contributed by atoms with Gasteiger partial charge in [-0.15, -0.1) is 0 Å². The number of halogens is 1. The van der Waals surface area contributed by atoms with Crippen LogP contribution in [0.25, 0.3) is 0 Å². The van der Waals surface area contributed by atoms with Gasteiger partial charge in [-0.2, -0.15) is 5.10 Å². The summed E-state index contributed by atoms with van der Waals surface area (Å²) in [5.74, 6) is 0. The molecule has 0 unspecified atom stereocenters. The van der Waals surface area contributed by atoms with Crippen LogP contribution in [0.4, 0.5) is 16.2 Å². The van der Waals surface area contributed by atoms with Gasteiger partial charge in [-0.1, -0.05) is 11.6 Å². The van der Waals surface area contributed by atoms with Crippen molar-refractivity contribution < 1.29 is 9.53 Å². The molecule has 3 rings (SSSR count). The van der Waals surface area contributed by atoms with Crippen LogP contribution in [0.15, 0.2) is 24.4 Å². The van der Waals surface area contributed by atoms with Gasteiger partial charge in [-0.05, 0) is 32.0 Å². The number of morpholine rings is 1. The van der Waals surface area contributed by atoms with Crippen molar-refractivity contribution in [1.82, 2.24) is 15.1 Å². The van der Waals surface area contributed by atoms with Crippen molar-refractivity contribution in [1.29, 1.82) is 0 Å². The zero-order chi connectivity index (χ0) is 18.5. The van der Waals surface area contributed by atoms with Gasteiger partial charge in [0.05, 0.1) is 30.1 Å². The molecule has 0 aliphatic carbocycles. The van der Waals surface area contributed by atoms with Crippen LogP contribution < -0.4 is 15.5 Å². The SMILES string of the molecule is CCn1ncc(CNC(=O)Nc2cc(N3CCOCC3)ccc2Cl)c1C. The van der Waals surface area contributed by atoms with Gasteiger partial charge < -0.3 is 20.3 Å². The number of hydrogen-bond donors (Lipinski definition) is 2. The van der Waals surface area contributed by atoms with Crippen molar-refractivity contribution in [2.24, 2.45) is 0 Å². The maximum Gasteiger partial charge on any atom is 0.319 e. The second-order valence-electron chi connectivity index (χ2n) is 6.14. The predicted octanol–water partition coefficient (Wildman–Crippen LogP) is 3.02. The molecule has 0 spiro atoms. The number of aryl methyl sites for hydroxylation is 1. The second-order valence-corrected chi connectivity index (χ2v) is 6.55. The maximum atomic E-state index is 12.3. The maximum absolute atomic E-state index is 12.3. The van der Waals surface area contributed by atoms with E-state index in [9.17, 15) is 4.79 Å². The Bertz CT molecular complexity index is 771. The normalized spacial score (nSPS) is 14.3. The summed E-state index contributed by atoms with van der Waals surface area (Å²) in [6.45, 7) is 8.32. The van der Waals surface area contributed by atoms with Crippen LogP contribution in [-0.2, 0) is 17.8 Å². The number of benzene rings is 1. The van der Waals surface area contributed by atoms with Gasteiger partial charge in [0.1, 0.15) is 0 Å². The van der Waals surface area contributed by atoms with Crippen molar-refractivity contribution in [3.63, 3.8) is 0 Å². The first-order valence-electron chi connectivity index (χ1n) is 8.77. The van der Waals surface area contributed by atoms with Gasteiger partial charge >= 0.3 is 6.03 Å². The quantitative estimate of drug-likeness (QED) is 0.840. The van der Waals surface area contributed by atoms with E-state index >= 15 is 0 Å². The summed E-state index contributed by atoms with van der Waals surface area (Å²) in [7, 11) is 0. The molecule has 1 aromatic carbocycles. The summed E-state index contributed by atoms with van der Waals surface area (Å²) in [6.07, 6.45) is 1.78. The summed E-state index contributed by atoms with van der Waals surface area (Å²) in [6, 6.07) is 5.36. The van der Waals surface area contributed by atoms with E-state index in [4.69, 9.17) is 16.3 Å². The van der Waals surface area contributed by atoms with Crippen LogP contribution in [0, 0.1) is 6.92 Å². The van der Waals surface area contributed by atoms with E-state index in [1.54, 1.807) is 12.3 Å². The van der Waals surface area contributed by atoms with Crippen molar-refractivity contribution in [2.45, 2.75) is 26.9 Å². The average molecular weight is 378 g/mol. The standard InChI is InChI=1S/C18H24ClN5O2/c1-3-24-13(2)14(12-21-24)11-20-18(25)22-17-10-15(4-5-16(17)19)23-6-8-26-9-7-23/h4-5,10,12H,3,6-9,11H2,1-2H3,(H2,20,22,25). The summed E-state index contributed by atoms with van der Waals surface area (Å²) in [5.41, 5.74) is 3.66. The van der Waals surface area contributed by atoms with Crippen molar-refractivity contribution >= 4 is 29.0 Å². The molecule has 1 saturated heterocycles. The fraction of sp³-hybridized carbons (Fsp3) is 0.444. The highest BCUT2D eigenvalue weighted by Gasteiger charge is 2.14. The van der Waals surface area contributed by atoms with E-state index in [2.05, 4.69) is 20.6 Å². The van der Waals surface area contributed by atoms with E-state index in [0.29, 0.717) is 30.5 Å². The molecule has 26 heavy (non-hydrogen) atoms. The number of nitrogens with zero attached hydrogens (tertiary/aromatic N) is 3. The third kappa shape index (κ3) is 4.28. The number of aromatic nitrogens is 2. The fourth-order valence-electron chi connectivity index (χ4n) is 2.95. The first kappa shape index (κ1) is 18.5. The molecule has 1 fully saturated rings. The van der Waals surface area contributed by atoms with Gasteiger partial charge in [-0.25, -0.2) is 4.79 Å². The minimum atomic E-state index is -0.297. The summed E-state index contributed by atoms with van der Waals surface area (Å²) < 4.78 is 7.28. The van der Waals surface area contributed by atoms with E-state index < -0.39 is 0 Å². The summed E-state index contributed by atoms with van der Waals surface area (Å²) in [4.78, 5) is 14.5. The molecule has 2 amide bonds. The first-order valence-corrected chi connectivity index (χ1v) is 9.14. The lowest BCUT2D eigenvalue weighted by molar-refractivity contribution is 0.122. The van der Waals surface area contributed by atoms with E-state index in [1.807, 2.05) is 30.7 Å². The minimum absolute atomic E-state index is 0.297. The zero-order valence-corrected chi connectivity index (χ0v) is 15.8. The first-order chi connectivity index (χ1) is 12.6. The van der Waals surface area contributed by atoms with Gasteiger partial charge in [0.2, 0.25) is 0 Å². The number of amides is 2. The van der Waals surface area contributed by atoms with Gasteiger partial charge in [0, 0.05) is 43.1 Å². The molecule has 7 nitrogen and oxygen atoms in total. The number of nitrogens with one attached hydrogen (secondary N) is 2. The van der Waals surface area contributed by atoms with Gasteiger partial charge in [0.15, 0.2) is 0 Å². The monoisotopic (exact) mass is 377 g/mol. The zero-order valence-electron chi connectivity index (χ0n) is 15.1. The molecule has 8 heteroatoms. The third-order valence-electron chi connectivity index (χ3n) is 4.52. The van der Waals surface area contributed by atoms with E-state index in [-0.39, 0.29) is 6.03 Å². The molecule has 1 aliphatic rings. The molecule has 0 atom stereocenters. The number of hydrogen-bond acceptors (Lipinski definition) is 4. The van der Waals surface area contributed by atoms with Crippen LogP contribution in [0.2, 0.25) is 5.02 Å². The lowest BCUT2D eigenvalue weighted by atomic mass is 10.2. The molecule has 1 aliphatic heterocycles. The third-order valence-corrected chi connectivity index (χ3v) is 4.85. The topological polar surface area (TPSA) is 71.4 Å². The number of carbonyl (C=O) groups excluding carboxylic acids is 1. The Labute approximate surface area is 158 Å². The molecule has 0 saturated carbocycles. The molecule has 2 aromatic rings. The Morgan fingerprint density at radius 2 is 2.12 bits per heavy atom. The molecule has 0 radical (unpaired) electrons. The summed E-state index contributed by atoms with van der Waals surface area (Å²) >= 11 is 6.24. The van der Waals surface area contributed by atoms with E-state index in [1.165, 1.54) is 0 Å². The lowest BCUT2D eigenvalue weighted by Crippen LogP contribution is -2.36. The number of urea groups is 1. The second kappa shape index (κ2) is 8.42. The highest BCUT2D eigenvalue weighted by atomic mass is 35.5. The predicted molar refractivity (Wildman–Crippen MR) is 103 cm³/mol. The highest BCUT2D eigenvalue weighted by molar-refractivity contribution is 6.33. The van der Waals surface area contributed by atoms with Gasteiger partial charge in [0.25, 0.3) is 0 Å². The fourth-order valence-corrected chi connectivity index (χ4v) is 3.11. The molecule has 0 bridgehead atoms. The molecule has 2 N–H and O–H groups in total. The van der Waals surface area contributed by atoms with Crippen LogP contribution >= 0.6 is 11.6 Å². The molecular formula is C18H24ClN5O2. The minimum Gasteiger partial charge on any atom is -0.378 e. The molecule has 140 valence electrons. The smallest absolute Gasteiger partial charge is 0.319 e. The number of anilines is 2. The summed E-state index contributed by atoms with van der Waals surface area (Å²) in [5, 5.41) is 10.5. The number of rotatable bonds is 5. The van der Waals surface area contributed by atoms with E-state index in [0.717, 1.165) is 36.6 Å². The number of carbonyl (C=O) groups is 1.